The first-order valence-corrected chi connectivity index (χ1v) is 8.37. The van der Waals surface area contributed by atoms with E-state index in [0.29, 0.717) is 28.9 Å². The molecule has 10 heteroatoms. The third-order valence-corrected chi connectivity index (χ3v) is 4.49. The number of quaternary nitrogens is 1. The second-order valence-electron chi connectivity index (χ2n) is 5.88. The van der Waals surface area contributed by atoms with Crippen molar-refractivity contribution in [2.45, 2.75) is 6.92 Å². The summed E-state index contributed by atoms with van der Waals surface area (Å²) in [5, 5.41) is 19.0. The highest BCUT2D eigenvalue weighted by atomic mass is 35.5. The highest BCUT2D eigenvalue weighted by molar-refractivity contribution is 6.30. The number of nitro benzene ring substituents is 1. The number of benzene rings is 1. The Hall–Kier alpha value is -2.39. The summed E-state index contributed by atoms with van der Waals surface area (Å²) >= 11 is 5.88. The Morgan fingerprint density at radius 2 is 2.16 bits per heavy atom. The van der Waals surface area contributed by atoms with Crippen LogP contribution < -0.4 is 14.5 Å². The second-order valence-corrected chi connectivity index (χ2v) is 6.32. The molecule has 0 unspecified atom stereocenters. The number of nitrogens with zero attached hydrogens (tertiary/aromatic N) is 4. The van der Waals surface area contributed by atoms with Gasteiger partial charge in [-0.15, -0.1) is 0 Å². The Morgan fingerprint density at radius 3 is 2.80 bits per heavy atom. The Kier molecular flexibility index (Phi) is 5.34. The lowest BCUT2D eigenvalue weighted by Crippen LogP contribution is -3.15. The average Bonchev–Trinajstić information content (AvgIpc) is 3.01. The molecule has 1 fully saturated rings. The van der Waals surface area contributed by atoms with Gasteiger partial charge in [-0.25, -0.2) is 4.63 Å². The third kappa shape index (κ3) is 4.18. The molecule has 0 radical (unpaired) electrons. The van der Waals surface area contributed by atoms with Crippen molar-refractivity contribution in [1.82, 2.24) is 10.3 Å². The van der Waals surface area contributed by atoms with Crippen molar-refractivity contribution in [2.24, 2.45) is 0 Å². The number of rotatable bonds is 6. The van der Waals surface area contributed by atoms with Crippen LogP contribution in [0, 0.1) is 17.0 Å². The molecule has 3 rings (SSSR count). The Balaban J connectivity index is 1.52. The lowest BCUT2D eigenvalue weighted by atomic mass is 10.2. The molecule has 1 aliphatic rings. The zero-order chi connectivity index (χ0) is 17.8. The van der Waals surface area contributed by atoms with Gasteiger partial charge in [0.25, 0.3) is 11.6 Å². The van der Waals surface area contributed by atoms with Crippen LogP contribution >= 0.6 is 11.6 Å². The number of anilines is 1. The van der Waals surface area contributed by atoms with E-state index in [2.05, 4.69) is 14.9 Å². The summed E-state index contributed by atoms with van der Waals surface area (Å²) in [6.45, 7) is 6.34. The van der Waals surface area contributed by atoms with E-state index in [0.717, 1.165) is 32.7 Å². The quantitative estimate of drug-likeness (QED) is 0.592. The number of nitrogens with one attached hydrogen (secondary N) is 1. The third-order valence-electron chi connectivity index (χ3n) is 4.25. The highest BCUT2D eigenvalue weighted by Gasteiger charge is 2.25. The van der Waals surface area contributed by atoms with E-state index in [4.69, 9.17) is 16.3 Å². The number of hydrogen-bond acceptors (Lipinski definition) is 7. The minimum atomic E-state index is -0.386. The molecule has 1 saturated heterocycles. The standard InChI is InChI=1S/C15H18ClN5O4/c1-11-15(18-25-17-11)24-9-8-19-4-6-20(7-5-19)13-3-2-12(16)10-14(13)21(22)23/h2-3,10H,4-9H2,1H3/p+1. The summed E-state index contributed by atoms with van der Waals surface area (Å²) in [6.07, 6.45) is 0. The number of piperazine rings is 1. The fourth-order valence-electron chi connectivity index (χ4n) is 2.87. The molecule has 2 aromatic rings. The van der Waals surface area contributed by atoms with Crippen molar-refractivity contribution >= 4 is 23.0 Å². The number of ether oxygens (including phenoxy) is 1. The van der Waals surface area contributed by atoms with Crippen molar-refractivity contribution in [3.63, 3.8) is 0 Å². The predicted molar refractivity (Wildman–Crippen MR) is 90.4 cm³/mol. The monoisotopic (exact) mass is 368 g/mol. The van der Waals surface area contributed by atoms with Crippen molar-refractivity contribution < 1.29 is 19.2 Å². The molecule has 0 bridgehead atoms. The number of aromatic nitrogens is 2. The summed E-state index contributed by atoms with van der Waals surface area (Å²) in [5.74, 6) is 0.426. The largest absolute Gasteiger partial charge is 0.468 e. The molecule has 0 aliphatic carbocycles. The van der Waals surface area contributed by atoms with Gasteiger partial charge in [0.15, 0.2) is 0 Å². The van der Waals surface area contributed by atoms with E-state index in [1.165, 1.54) is 11.0 Å². The first kappa shape index (κ1) is 17.4. The van der Waals surface area contributed by atoms with Crippen LogP contribution in [0.2, 0.25) is 5.02 Å². The molecule has 1 N–H and O–H groups in total. The molecule has 1 aliphatic heterocycles. The molecule has 134 valence electrons. The van der Waals surface area contributed by atoms with Crippen LogP contribution in [0.15, 0.2) is 22.8 Å². The second kappa shape index (κ2) is 7.66. The summed E-state index contributed by atoms with van der Waals surface area (Å²) in [6, 6.07) is 4.80. The van der Waals surface area contributed by atoms with E-state index in [9.17, 15) is 10.1 Å². The number of halogens is 1. The molecular weight excluding hydrogens is 350 g/mol. The average molecular weight is 369 g/mol. The zero-order valence-electron chi connectivity index (χ0n) is 13.8. The van der Waals surface area contributed by atoms with Crippen LogP contribution in [-0.2, 0) is 0 Å². The molecular formula is C15H19ClN5O4+. The van der Waals surface area contributed by atoms with Crippen LogP contribution in [0.3, 0.4) is 0 Å². The van der Waals surface area contributed by atoms with E-state index < -0.39 is 0 Å². The lowest BCUT2D eigenvalue weighted by Gasteiger charge is -2.33. The maximum absolute atomic E-state index is 11.2. The molecule has 9 nitrogen and oxygen atoms in total. The number of nitro groups is 1. The molecule has 0 amide bonds. The van der Waals surface area contributed by atoms with E-state index in [-0.39, 0.29) is 10.6 Å². The fraction of sp³-hybridized carbons (Fsp3) is 0.467. The minimum absolute atomic E-state index is 0.0493. The van der Waals surface area contributed by atoms with Crippen LogP contribution in [0.5, 0.6) is 5.88 Å². The van der Waals surface area contributed by atoms with Gasteiger partial charge in [-0.05, 0) is 24.2 Å². The fourth-order valence-corrected chi connectivity index (χ4v) is 3.04. The van der Waals surface area contributed by atoms with Crippen LogP contribution in [0.1, 0.15) is 5.69 Å². The molecule has 2 heterocycles. The van der Waals surface area contributed by atoms with Crippen LogP contribution in [0.4, 0.5) is 11.4 Å². The summed E-state index contributed by atoms with van der Waals surface area (Å²) in [4.78, 5) is 14.3. The predicted octanol–water partition coefficient (Wildman–Crippen LogP) is 0.724. The van der Waals surface area contributed by atoms with Gasteiger partial charge < -0.3 is 14.5 Å². The maximum atomic E-state index is 11.2. The van der Waals surface area contributed by atoms with E-state index in [1.54, 1.807) is 19.1 Å². The Morgan fingerprint density at radius 1 is 1.40 bits per heavy atom. The zero-order valence-corrected chi connectivity index (χ0v) is 14.5. The van der Waals surface area contributed by atoms with E-state index >= 15 is 0 Å². The number of aryl methyl sites for hydroxylation is 1. The van der Waals surface area contributed by atoms with Gasteiger partial charge in [0, 0.05) is 11.1 Å². The van der Waals surface area contributed by atoms with Gasteiger partial charge in [-0.2, -0.15) is 0 Å². The molecule has 1 aromatic heterocycles. The SMILES string of the molecule is Cc1nonc1OCC[NH+]1CCN(c2ccc(Cl)cc2[N+](=O)[O-])CC1. The van der Waals surface area contributed by atoms with Crippen LogP contribution in [-0.4, -0.2) is 54.6 Å². The Bertz CT molecular complexity index is 745. The van der Waals surface area contributed by atoms with Gasteiger partial charge in [0.1, 0.15) is 24.5 Å². The first-order valence-electron chi connectivity index (χ1n) is 7.99. The smallest absolute Gasteiger partial charge is 0.294 e. The molecule has 0 saturated carbocycles. The van der Waals surface area contributed by atoms with Crippen molar-refractivity contribution in [3.05, 3.63) is 39.0 Å². The van der Waals surface area contributed by atoms with Gasteiger partial charge in [0.05, 0.1) is 31.1 Å². The van der Waals surface area contributed by atoms with Crippen molar-refractivity contribution in [2.75, 3.05) is 44.2 Å². The van der Waals surface area contributed by atoms with Gasteiger partial charge in [0.2, 0.25) is 0 Å². The topological polar surface area (TPSA) is 99.0 Å². The number of hydrogen-bond donors (Lipinski definition) is 1. The first-order chi connectivity index (χ1) is 12.0. The minimum Gasteiger partial charge on any atom is -0.468 e. The lowest BCUT2D eigenvalue weighted by molar-refractivity contribution is -0.900. The van der Waals surface area contributed by atoms with Crippen molar-refractivity contribution in [3.8, 4) is 5.88 Å². The highest BCUT2D eigenvalue weighted by Crippen LogP contribution is 2.30. The molecule has 0 atom stereocenters. The van der Waals surface area contributed by atoms with Gasteiger partial charge in [-0.1, -0.05) is 16.8 Å². The normalized spacial score (nSPS) is 15.4. The summed E-state index contributed by atoms with van der Waals surface area (Å²) < 4.78 is 10.1. The molecule has 0 spiro atoms. The maximum Gasteiger partial charge on any atom is 0.294 e. The summed E-state index contributed by atoms with van der Waals surface area (Å²) in [5.41, 5.74) is 1.30. The Labute approximate surface area is 149 Å². The van der Waals surface area contributed by atoms with E-state index in [1.807, 2.05) is 4.90 Å². The van der Waals surface area contributed by atoms with Gasteiger partial charge in [-0.3, -0.25) is 10.1 Å². The summed E-state index contributed by atoms with van der Waals surface area (Å²) in [7, 11) is 0. The van der Waals surface area contributed by atoms with Crippen LogP contribution in [0.25, 0.3) is 0 Å². The molecule has 25 heavy (non-hydrogen) atoms. The van der Waals surface area contributed by atoms with Crippen molar-refractivity contribution in [1.29, 1.82) is 0 Å². The molecule has 1 aromatic carbocycles. The van der Waals surface area contributed by atoms with Gasteiger partial charge >= 0.3 is 0 Å².